The highest BCUT2D eigenvalue weighted by molar-refractivity contribution is 6.29. The number of rotatable bonds is 2. The molecule has 2 aromatic rings. The molecule has 5 nitrogen and oxygen atoms in total. The van der Waals surface area contributed by atoms with Gasteiger partial charge in [0.2, 0.25) is 5.78 Å². The Balaban J connectivity index is 2.03. The molecule has 0 saturated carbocycles. The largest absolute Gasteiger partial charge is 0.471 e. The number of carbonyl (C=O) groups is 1. The molecule has 0 amide bonds. The zero-order valence-corrected chi connectivity index (χ0v) is 10.9. The van der Waals surface area contributed by atoms with Gasteiger partial charge in [0.15, 0.2) is 6.73 Å². The van der Waals surface area contributed by atoms with Crippen molar-refractivity contribution < 1.29 is 9.53 Å². The second-order valence-corrected chi connectivity index (χ2v) is 4.57. The fourth-order valence-electron chi connectivity index (χ4n) is 2.02. The van der Waals surface area contributed by atoms with Gasteiger partial charge in [0, 0.05) is 11.6 Å². The number of ketones is 1. The molecule has 0 saturated heterocycles. The summed E-state index contributed by atoms with van der Waals surface area (Å²) in [7, 11) is 0. The molecule has 0 spiro atoms. The van der Waals surface area contributed by atoms with Crippen molar-refractivity contribution in [3.05, 3.63) is 46.5 Å². The van der Waals surface area contributed by atoms with Crippen LogP contribution in [-0.4, -0.2) is 22.5 Å². The van der Waals surface area contributed by atoms with Gasteiger partial charge in [-0.25, -0.2) is 9.97 Å². The van der Waals surface area contributed by atoms with E-state index in [0.29, 0.717) is 18.0 Å². The van der Waals surface area contributed by atoms with E-state index in [1.54, 1.807) is 12.1 Å². The van der Waals surface area contributed by atoms with Gasteiger partial charge < -0.3 is 10.1 Å². The van der Waals surface area contributed by atoms with Crippen LogP contribution in [0.5, 0.6) is 5.75 Å². The Morgan fingerprint density at radius 3 is 3.00 bits per heavy atom. The molecule has 0 unspecified atom stereocenters. The van der Waals surface area contributed by atoms with Crippen molar-refractivity contribution in [2.45, 2.75) is 6.92 Å². The quantitative estimate of drug-likeness (QED) is 0.674. The first-order valence-corrected chi connectivity index (χ1v) is 6.06. The van der Waals surface area contributed by atoms with Crippen molar-refractivity contribution in [2.75, 3.05) is 12.0 Å². The number of halogens is 1. The van der Waals surface area contributed by atoms with Gasteiger partial charge in [-0.15, -0.1) is 0 Å². The van der Waals surface area contributed by atoms with Gasteiger partial charge in [-0.2, -0.15) is 0 Å². The van der Waals surface area contributed by atoms with E-state index < -0.39 is 0 Å². The smallest absolute Gasteiger partial charge is 0.211 e. The van der Waals surface area contributed by atoms with E-state index in [9.17, 15) is 4.79 Å². The summed E-state index contributed by atoms with van der Waals surface area (Å²) in [6.45, 7) is 2.34. The van der Waals surface area contributed by atoms with E-state index in [-0.39, 0.29) is 16.6 Å². The first-order valence-electron chi connectivity index (χ1n) is 5.69. The lowest BCUT2D eigenvalue weighted by atomic mass is 10.0. The Morgan fingerprint density at radius 2 is 2.21 bits per heavy atom. The first kappa shape index (κ1) is 11.9. The molecule has 1 aliphatic heterocycles. The number of carbonyl (C=O) groups excluding carboxylic acids is 1. The summed E-state index contributed by atoms with van der Waals surface area (Å²) in [5.41, 5.74) is 2.68. The van der Waals surface area contributed by atoms with Crippen LogP contribution in [-0.2, 0) is 0 Å². The third kappa shape index (κ3) is 2.13. The molecular formula is C13H10ClN3O2. The van der Waals surface area contributed by atoms with Crippen LogP contribution in [0.15, 0.2) is 24.5 Å². The third-order valence-corrected chi connectivity index (χ3v) is 3.11. The van der Waals surface area contributed by atoms with E-state index in [1.165, 1.54) is 12.4 Å². The molecule has 1 aliphatic rings. The molecule has 0 bridgehead atoms. The molecule has 0 radical (unpaired) electrons. The van der Waals surface area contributed by atoms with Gasteiger partial charge in [-0.1, -0.05) is 11.6 Å². The maximum absolute atomic E-state index is 12.3. The van der Waals surface area contributed by atoms with Gasteiger partial charge in [-0.3, -0.25) is 4.79 Å². The van der Waals surface area contributed by atoms with Gasteiger partial charge in [0.05, 0.1) is 5.69 Å². The Morgan fingerprint density at radius 1 is 1.37 bits per heavy atom. The normalized spacial score (nSPS) is 12.5. The van der Waals surface area contributed by atoms with Crippen LogP contribution in [0.25, 0.3) is 0 Å². The maximum atomic E-state index is 12.3. The van der Waals surface area contributed by atoms with Crippen molar-refractivity contribution in [1.82, 2.24) is 9.97 Å². The highest BCUT2D eigenvalue weighted by atomic mass is 35.5. The summed E-state index contributed by atoms with van der Waals surface area (Å²) in [6, 6.07) is 4.96. The Labute approximate surface area is 114 Å². The fourth-order valence-corrected chi connectivity index (χ4v) is 2.16. The minimum absolute atomic E-state index is 0.203. The Hall–Kier alpha value is -2.14. The molecule has 6 heteroatoms. The summed E-state index contributed by atoms with van der Waals surface area (Å²) < 4.78 is 5.41. The lowest BCUT2D eigenvalue weighted by Gasteiger charge is -2.06. The molecule has 96 valence electrons. The molecule has 1 aromatic carbocycles. The molecule has 3 rings (SSSR count). The molecule has 19 heavy (non-hydrogen) atoms. The zero-order chi connectivity index (χ0) is 13.4. The lowest BCUT2D eigenvalue weighted by Crippen LogP contribution is -2.05. The van der Waals surface area contributed by atoms with Crippen molar-refractivity contribution in [3.8, 4) is 5.75 Å². The summed E-state index contributed by atoms with van der Waals surface area (Å²) in [5.74, 6) is 0.481. The highest BCUT2D eigenvalue weighted by Gasteiger charge is 2.19. The average Bonchev–Trinajstić information content (AvgIpc) is 2.86. The van der Waals surface area contributed by atoms with Crippen LogP contribution in [0, 0.1) is 6.92 Å². The van der Waals surface area contributed by atoms with E-state index in [1.807, 2.05) is 6.92 Å². The number of nitrogens with one attached hydrogen (secondary N) is 1. The number of nitrogens with zero attached hydrogens (tertiary/aromatic N) is 2. The topological polar surface area (TPSA) is 64.1 Å². The van der Waals surface area contributed by atoms with Crippen LogP contribution < -0.4 is 10.1 Å². The number of hydrogen-bond donors (Lipinski definition) is 1. The van der Waals surface area contributed by atoms with Crippen LogP contribution in [0.3, 0.4) is 0 Å². The number of hydrogen-bond acceptors (Lipinski definition) is 5. The summed E-state index contributed by atoms with van der Waals surface area (Å²) in [6.07, 6.45) is 1.27. The van der Waals surface area contributed by atoms with E-state index >= 15 is 0 Å². The summed E-state index contributed by atoms with van der Waals surface area (Å²) >= 11 is 5.76. The Kier molecular flexibility index (Phi) is 2.83. The molecule has 2 heterocycles. The minimum Gasteiger partial charge on any atom is -0.471 e. The first-order chi connectivity index (χ1) is 9.15. The standard InChI is InChI=1S/C13H10ClN3O2/c1-7-2-8(3-10-12(7)17-6-19-10)13(18)9-4-11(14)16-5-15-9/h2-5,17H,6H2,1H3. The van der Waals surface area contributed by atoms with E-state index in [4.69, 9.17) is 16.3 Å². The minimum atomic E-state index is -0.203. The fraction of sp³-hybridized carbons (Fsp3) is 0.154. The number of anilines is 1. The second-order valence-electron chi connectivity index (χ2n) is 4.19. The number of fused-ring (bicyclic) bond motifs is 1. The third-order valence-electron chi connectivity index (χ3n) is 2.90. The van der Waals surface area contributed by atoms with Gasteiger partial charge in [0.1, 0.15) is 22.9 Å². The monoisotopic (exact) mass is 275 g/mol. The van der Waals surface area contributed by atoms with Crippen molar-refractivity contribution in [1.29, 1.82) is 0 Å². The zero-order valence-electron chi connectivity index (χ0n) is 10.1. The van der Waals surface area contributed by atoms with E-state index in [0.717, 1.165) is 11.3 Å². The number of aryl methyl sites for hydroxylation is 1. The van der Waals surface area contributed by atoms with Gasteiger partial charge in [0.25, 0.3) is 0 Å². The van der Waals surface area contributed by atoms with Gasteiger partial charge >= 0.3 is 0 Å². The number of aromatic nitrogens is 2. The Bertz CT molecular complexity index is 673. The number of ether oxygens (including phenoxy) is 1. The van der Waals surface area contributed by atoms with Crippen molar-refractivity contribution >= 4 is 23.1 Å². The predicted molar refractivity (Wildman–Crippen MR) is 70.8 cm³/mol. The second kappa shape index (κ2) is 4.51. The molecule has 0 aliphatic carbocycles. The van der Waals surface area contributed by atoms with Crippen LogP contribution >= 0.6 is 11.6 Å². The van der Waals surface area contributed by atoms with Crippen molar-refractivity contribution in [2.24, 2.45) is 0 Å². The number of benzene rings is 1. The van der Waals surface area contributed by atoms with Crippen molar-refractivity contribution in [3.63, 3.8) is 0 Å². The molecular weight excluding hydrogens is 266 g/mol. The molecule has 0 atom stereocenters. The predicted octanol–water partition coefficient (Wildman–Crippen LogP) is 2.43. The lowest BCUT2D eigenvalue weighted by molar-refractivity contribution is 0.103. The molecule has 0 fully saturated rings. The average molecular weight is 276 g/mol. The SMILES string of the molecule is Cc1cc(C(=O)c2cc(Cl)ncn2)cc2c1NCO2. The van der Waals surface area contributed by atoms with Gasteiger partial charge in [-0.05, 0) is 24.6 Å². The highest BCUT2D eigenvalue weighted by Crippen LogP contribution is 2.34. The molecule has 1 N–H and O–H groups in total. The summed E-state index contributed by atoms with van der Waals surface area (Å²) in [5, 5.41) is 3.35. The van der Waals surface area contributed by atoms with Crippen LogP contribution in [0.4, 0.5) is 5.69 Å². The summed E-state index contributed by atoms with van der Waals surface area (Å²) in [4.78, 5) is 20.0. The van der Waals surface area contributed by atoms with Crippen LogP contribution in [0.2, 0.25) is 5.15 Å². The molecule has 1 aromatic heterocycles. The van der Waals surface area contributed by atoms with Crippen LogP contribution in [0.1, 0.15) is 21.6 Å². The maximum Gasteiger partial charge on any atom is 0.211 e. The van der Waals surface area contributed by atoms with E-state index in [2.05, 4.69) is 15.3 Å².